The van der Waals surface area contributed by atoms with E-state index in [1.165, 1.54) is 10.7 Å². The second-order valence-corrected chi connectivity index (χ2v) is 7.40. The number of sulfonamides is 1. The van der Waals surface area contributed by atoms with Gasteiger partial charge < -0.3 is 0 Å². The summed E-state index contributed by atoms with van der Waals surface area (Å²) in [7, 11) is -3.57. The van der Waals surface area contributed by atoms with Crippen molar-refractivity contribution in [3.8, 4) is 0 Å². The van der Waals surface area contributed by atoms with Crippen LogP contribution in [0.3, 0.4) is 0 Å². The van der Waals surface area contributed by atoms with E-state index >= 15 is 0 Å². The summed E-state index contributed by atoms with van der Waals surface area (Å²) in [6.07, 6.45) is 0. The van der Waals surface area contributed by atoms with Crippen LogP contribution < -0.4 is 10.3 Å². The highest BCUT2D eigenvalue weighted by Gasteiger charge is 2.13. The van der Waals surface area contributed by atoms with Gasteiger partial charge in [0.15, 0.2) is 0 Å². The molecule has 0 spiro atoms. The Hall–Kier alpha value is -1.26. The number of aryl methyl sites for hydroxylation is 1. The molecule has 0 atom stereocenters. The third kappa shape index (κ3) is 4.35. The number of benzene rings is 1. The van der Waals surface area contributed by atoms with Crippen LogP contribution in [0.4, 0.5) is 0 Å². The third-order valence-corrected chi connectivity index (χ3v) is 4.94. The van der Waals surface area contributed by atoms with Crippen LogP contribution >= 0.6 is 22.6 Å². The summed E-state index contributed by atoms with van der Waals surface area (Å²) >= 11 is 2.11. The lowest BCUT2D eigenvalue weighted by molar-refractivity contribution is 0.544. The minimum absolute atomic E-state index is 0.102. The van der Waals surface area contributed by atoms with Gasteiger partial charge in [-0.2, -0.15) is 5.10 Å². The molecule has 112 valence electrons. The van der Waals surface area contributed by atoms with Gasteiger partial charge in [-0.25, -0.2) is 17.8 Å². The lowest BCUT2D eigenvalue weighted by Gasteiger charge is -2.08. The molecule has 0 radical (unpaired) electrons. The molecule has 2 rings (SSSR count). The predicted octanol–water partition coefficient (Wildman–Crippen LogP) is 1.13. The summed E-state index contributed by atoms with van der Waals surface area (Å²) in [5, 5.41) is 4.04. The first-order valence-electron chi connectivity index (χ1n) is 6.18. The van der Waals surface area contributed by atoms with Crippen molar-refractivity contribution >= 4 is 32.6 Å². The van der Waals surface area contributed by atoms with Crippen LogP contribution in [0.25, 0.3) is 0 Å². The van der Waals surface area contributed by atoms with Gasteiger partial charge in [0, 0.05) is 16.2 Å². The first kappa shape index (κ1) is 16.1. The molecular formula is C13H14IN3O3S. The van der Waals surface area contributed by atoms with E-state index in [0.717, 1.165) is 3.57 Å². The monoisotopic (exact) mass is 419 g/mol. The Morgan fingerprint density at radius 3 is 2.52 bits per heavy atom. The highest BCUT2D eigenvalue weighted by Crippen LogP contribution is 2.11. The molecule has 0 aliphatic carbocycles. The van der Waals surface area contributed by atoms with Gasteiger partial charge in [0.05, 0.1) is 17.1 Å². The minimum Gasteiger partial charge on any atom is -0.268 e. The maximum atomic E-state index is 12.1. The summed E-state index contributed by atoms with van der Waals surface area (Å²) in [6.45, 7) is 2.06. The van der Waals surface area contributed by atoms with Gasteiger partial charge in [0.25, 0.3) is 5.56 Å². The Balaban J connectivity index is 2.04. The van der Waals surface area contributed by atoms with Crippen LogP contribution in [-0.2, 0) is 16.6 Å². The highest BCUT2D eigenvalue weighted by atomic mass is 127. The summed E-state index contributed by atoms with van der Waals surface area (Å²) in [5.41, 5.74) is 0.448. The van der Waals surface area contributed by atoms with Crippen molar-refractivity contribution in [2.75, 3.05) is 6.54 Å². The molecule has 0 fully saturated rings. The van der Waals surface area contributed by atoms with Gasteiger partial charge in [-0.3, -0.25) is 4.79 Å². The zero-order chi connectivity index (χ0) is 15.5. The molecule has 0 saturated heterocycles. The van der Waals surface area contributed by atoms with Crippen LogP contribution in [0.15, 0.2) is 46.1 Å². The number of nitrogens with one attached hydrogen (secondary N) is 1. The number of hydrogen-bond donors (Lipinski definition) is 1. The summed E-state index contributed by atoms with van der Waals surface area (Å²) in [5.74, 6) is 0. The van der Waals surface area contributed by atoms with Crippen molar-refractivity contribution in [1.82, 2.24) is 14.5 Å². The average molecular weight is 419 g/mol. The van der Waals surface area contributed by atoms with Crippen LogP contribution in [-0.4, -0.2) is 24.7 Å². The van der Waals surface area contributed by atoms with Crippen LogP contribution in [0.2, 0.25) is 0 Å². The van der Waals surface area contributed by atoms with Gasteiger partial charge in [-0.15, -0.1) is 0 Å². The fourth-order valence-electron chi connectivity index (χ4n) is 1.69. The van der Waals surface area contributed by atoms with Crippen LogP contribution in [0.1, 0.15) is 5.69 Å². The van der Waals surface area contributed by atoms with E-state index in [1.807, 2.05) is 0 Å². The van der Waals surface area contributed by atoms with Gasteiger partial charge in [0.1, 0.15) is 0 Å². The minimum atomic E-state index is -3.57. The Bertz CT molecular complexity index is 785. The maximum absolute atomic E-state index is 12.1. The molecule has 0 saturated carbocycles. The normalized spacial score (nSPS) is 11.5. The van der Waals surface area contributed by atoms with E-state index in [2.05, 4.69) is 32.4 Å². The highest BCUT2D eigenvalue weighted by molar-refractivity contribution is 14.1. The lowest BCUT2D eigenvalue weighted by atomic mass is 10.4. The molecule has 0 amide bonds. The zero-order valence-electron chi connectivity index (χ0n) is 11.3. The van der Waals surface area contributed by atoms with E-state index in [4.69, 9.17) is 0 Å². The molecule has 1 aromatic heterocycles. The fraction of sp³-hybridized carbons (Fsp3) is 0.231. The number of hydrogen-bond acceptors (Lipinski definition) is 4. The molecule has 6 nitrogen and oxygen atoms in total. The van der Waals surface area contributed by atoms with Crippen molar-refractivity contribution < 1.29 is 8.42 Å². The second-order valence-electron chi connectivity index (χ2n) is 4.39. The van der Waals surface area contributed by atoms with E-state index in [1.54, 1.807) is 37.3 Å². The SMILES string of the molecule is Cc1ccc(=O)n(CCNS(=O)(=O)c2ccc(I)cc2)n1. The molecule has 0 aliphatic heterocycles. The molecular weight excluding hydrogens is 405 g/mol. The molecule has 1 heterocycles. The number of rotatable bonds is 5. The van der Waals surface area contributed by atoms with Gasteiger partial charge in [-0.05, 0) is 59.8 Å². The molecule has 8 heteroatoms. The fourth-order valence-corrected chi connectivity index (χ4v) is 3.07. The third-order valence-electron chi connectivity index (χ3n) is 2.74. The van der Waals surface area contributed by atoms with Crippen molar-refractivity contribution in [2.24, 2.45) is 0 Å². The van der Waals surface area contributed by atoms with Gasteiger partial charge >= 0.3 is 0 Å². The number of aromatic nitrogens is 2. The van der Waals surface area contributed by atoms with Crippen molar-refractivity contribution in [3.63, 3.8) is 0 Å². The molecule has 21 heavy (non-hydrogen) atoms. The largest absolute Gasteiger partial charge is 0.268 e. The average Bonchev–Trinajstić information content (AvgIpc) is 2.43. The van der Waals surface area contributed by atoms with Crippen molar-refractivity contribution in [1.29, 1.82) is 0 Å². The molecule has 0 unspecified atom stereocenters. The predicted molar refractivity (Wildman–Crippen MR) is 87.6 cm³/mol. The maximum Gasteiger partial charge on any atom is 0.266 e. The smallest absolute Gasteiger partial charge is 0.266 e. The molecule has 2 aromatic rings. The molecule has 0 aliphatic rings. The van der Waals surface area contributed by atoms with Crippen LogP contribution in [0, 0.1) is 10.5 Å². The Morgan fingerprint density at radius 2 is 1.86 bits per heavy atom. The lowest BCUT2D eigenvalue weighted by Crippen LogP contribution is -2.32. The summed E-state index contributed by atoms with van der Waals surface area (Å²) in [4.78, 5) is 11.8. The molecule has 0 bridgehead atoms. The first-order chi connectivity index (χ1) is 9.88. The van der Waals surface area contributed by atoms with Gasteiger partial charge in [0.2, 0.25) is 10.0 Å². The quantitative estimate of drug-likeness (QED) is 0.738. The van der Waals surface area contributed by atoms with E-state index < -0.39 is 10.0 Å². The van der Waals surface area contributed by atoms with E-state index in [-0.39, 0.29) is 23.5 Å². The molecule has 1 N–H and O–H groups in total. The number of nitrogens with zero attached hydrogens (tertiary/aromatic N) is 2. The summed E-state index contributed by atoms with van der Waals surface area (Å²) in [6, 6.07) is 9.57. The number of halogens is 1. The van der Waals surface area contributed by atoms with E-state index in [9.17, 15) is 13.2 Å². The topological polar surface area (TPSA) is 81.1 Å². The zero-order valence-corrected chi connectivity index (χ0v) is 14.3. The van der Waals surface area contributed by atoms with Crippen molar-refractivity contribution in [2.45, 2.75) is 18.4 Å². The van der Waals surface area contributed by atoms with Crippen LogP contribution in [0.5, 0.6) is 0 Å². The Labute approximate surface area is 136 Å². The standard InChI is InChI=1S/C13H14IN3O3S/c1-10-2-7-13(18)17(16-10)9-8-15-21(19,20)12-5-3-11(14)4-6-12/h2-7,15H,8-9H2,1H3. The van der Waals surface area contributed by atoms with Gasteiger partial charge in [-0.1, -0.05) is 0 Å². The Kier molecular flexibility index (Phi) is 5.12. The Morgan fingerprint density at radius 1 is 1.19 bits per heavy atom. The van der Waals surface area contributed by atoms with Crippen molar-refractivity contribution in [3.05, 3.63) is 56.0 Å². The van der Waals surface area contributed by atoms with E-state index in [0.29, 0.717) is 5.69 Å². The first-order valence-corrected chi connectivity index (χ1v) is 8.75. The summed E-state index contributed by atoms with van der Waals surface area (Å²) < 4.78 is 28.8. The second kappa shape index (κ2) is 6.67. The molecule has 1 aromatic carbocycles.